The summed E-state index contributed by atoms with van der Waals surface area (Å²) in [6, 6.07) is 55.4. The highest BCUT2D eigenvalue weighted by Crippen LogP contribution is 2.44. The lowest BCUT2D eigenvalue weighted by Crippen LogP contribution is -1.95. The van der Waals surface area contributed by atoms with Gasteiger partial charge in [0.25, 0.3) is 0 Å². The molecule has 2 heterocycles. The van der Waals surface area contributed by atoms with Crippen LogP contribution in [0.5, 0.6) is 0 Å². The van der Waals surface area contributed by atoms with Crippen LogP contribution in [0.15, 0.2) is 162 Å². The first-order valence-electron chi connectivity index (χ1n) is 15.9. The van der Waals surface area contributed by atoms with Crippen LogP contribution in [0.25, 0.3) is 99.3 Å². The van der Waals surface area contributed by atoms with Crippen LogP contribution in [0.2, 0.25) is 0 Å². The van der Waals surface area contributed by atoms with Crippen molar-refractivity contribution < 1.29 is 4.42 Å². The van der Waals surface area contributed by atoms with E-state index in [1.54, 1.807) is 0 Å². The third kappa shape index (κ3) is 4.07. The monoisotopic (exact) mass is 598 g/mol. The van der Waals surface area contributed by atoms with Crippen LogP contribution in [-0.4, -0.2) is 9.97 Å². The average Bonchev–Trinajstić information content (AvgIpc) is 3.53. The van der Waals surface area contributed by atoms with Gasteiger partial charge in [0, 0.05) is 27.3 Å². The summed E-state index contributed by atoms with van der Waals surface area (Å²) >= 11 is 0. The lowest BCUT2D eigenvalue weighted by atomic mass is 9.92. The highest BCUT2D eigenvalue weighted by molar-refractivity contribution is 6.33. The van der Waals surface area contributed by atoms with Gasteiger partial charge in [-0.05, 0) is 74.1 Å². The van der Waals surface area contributed by atoms with Crippen molar-refractivity contribution in [1.29, 1.82) is 0 Å². The van der Waals surface area contributed by atoms with Crippen LogP contribution < -0.4 is 0 Å². The Morgan fingerprint density at radius 1 is 0.340 bits per heavy atom. The van der Waals surface area contributed by atoms with E-state index >= 15 is 0 Å². The standard InChI is InChI=1S/C44H26N2O/c1-2-10-27(11-3-1)28-20-22-29(23-21-28)43-36-16-6-7-18-38(36)45-44(46-43)31-13-8-12-30(24-31)32-25-37-34-15-5-4-14-33(34)35-17-9-19-39-41(35)42(37)40(26-32)47-39/h1-26H. The third-order valence-electron chi connectivity index (χ3n) is 9.43. The maximum atomic E-state index is 6.49. The summed E-state index contributed by atoms with van der Waals surface area (Å²) < 4.78 is 6.49. The van der Waals surface area contributed by atoms with Crippen LogP contribution >= 0.6 is 0 Å². The fourth-order valence-electron chi connectivity index (χ4n) is 7.22. The van der Waals surface area contributed by atoms with Gasteiger partial charge in [-0.2, -0.15) is 0 Å². The number of furan rings is 1. The van der Waals surface area contributed by atoms with Gasteiger partial charge in [0.15, 0.2) is 5.82 Å². The van der Waals surface area contributed by atoms with Crippen LogP contribution in [0, 0.1) is 0 Å². The molecule has 8 aromatic carbocycles. The molecule has 0 aliphatic heterocycles. The minimum Gasteiger partial charge on any atom is -0.456 e. The third-order valence-corrected chi connectivity index (χ3v) is 9.43. The largest absolute Gasteiger partial charge is 0.456 e. The smallest absolute Gasteiger partial charge is 0.160 e. The Balaban J connectivity index is 1.13. The van der Waals surface area contributed by atoms with E-state index in [2.05, 4.69) is 146 Å². The summed E-state index contributed by atoms with van der Waals surface area (Å²) in [5.74, 6) is 0.703. The van der Waals surface area contributed by atoms with Gasteiger partial charge in [0.05, 0.1) is 11.2 Å². The minimum atomic E-state index is 0.703. The van der Waals surface area contributed by atoms with Crippen molar-refractivity contribution in [3.05, 3.63) is 158 Å². The molecule has 0 saturated carbocycles. The van der Waals surface area contributed by atoms with E-state index in [-0.39, 0.29) is 0 Å². The van der Waals surface area contributed by atoms with E-state index in [1.807, 2.05) is 12.1 Å². The zero-order valence-electron chi connectivity index (χ0n) is 25.3. The first-order chi connectivity index (χ1) is 23.3. The normalized spacial score (nSPS) is 11.8. The van der Waals surface area contributed by atoms with E-state index in [4.69, 9.17) is 14.4 Å². The topological polar surface area (TPSA) is 38.9 Å². The van der Waals surface area contributed by atoms with Crippen molar-refractivity contribution in [3.63, 3.8) is 0 Å². The predicted molar refractivity (Wildman–Crippen MR) is 195 cm³/mol. The lowest BCUT2D eigenvalue weighted by molar-refractivity contribution is 0.669. The van der Waals surface area contributed by atoms with Gasteiger partial charge in [-0.3, -0.25) is 0 Å². The Labute approximate surface area is 270 Å². The minimum absolute atomic E-state index is 0.703. The highest BCUT2D eigenvalue weighted by Gasteiger charge is 2.19. The Hall–Kier alpha value is -6.32. The Morgan fingerprint density at radius 2 is 0.957 bits per heavy atom. The molecule has 0 aliphatic carbocycles. The molecule has 0 spiro atoms. The zero-order valence-corrected chi connectivity index (χ0v) is 25.3. The molecule has 0 aliphatic rings. The molecule has 3 heteroatoms. The Bertz CT molecular complexity index is 2780. The summed E-state index contributed by atoms with van der Waals surface area (Å²) in [6.07, 6.45) is 0. The summed E-state index contributed by atoms with van der Waals surface area (Å²) in [4.78, 5) is 10.3. The van der Waals surface area contributed by atoms with E-state index in [1.165, 1.54) is 43.4 Å². The van der Waals surface area contributed by atoms with Crippen molar-refractivity contribution in [2.75, 3.05) is 0 Å². The number of nitrogens with zero attached hydrogens (tertiary/aromatic N) is 2. The molecule has 10 rings (SSSR count). The lowest BCUT2D eigenvalue weighted by Gasteiger charge is -2.12. The maximum Gasteiger partial charge on any atom is 0.160 e. The summed E-state index contributed by atoms with van der Waals surface area (Å²) in [5.41, 5.74) is 10.3. The molecule has 3 nitrogen and oxygen atoms in total. The van der Waals surface area contributed by atoms with Gasteiger partial charge >= 0.3 is 0 Å². The molecule has 0 unspecified atom stereocenters. The Morgan fingerprint density at radius 3 is 1.81 bits per heavy atom. The molecule has 0 atom stereocenters. The quantitative estimate of drug-likeness (QED) is 0.189. The SMILES string of the molecule is c1ccc(-c2ccc(-c3nc(-c4cccc(-c5cc6oc7cccc8c9ccccc9c(c5)c6c78)c4)nc4ccccc34)cc2)cc1. The maximum absolute atomic E-state index is 6.49. The van der Waals surface area contributed by atoms with E-state index in [0.29, 0.717) is 5.82 Å². The van der Waals surface area contributed by atoms with E-state index < -0.39 is 0 Å². The van der Waals surface area contributed by atoms with Gasteiger partial charge in [0.1, 0.15) is 11.2 Å². The summed E-state index contributed by atoms with van der Waals surface area (Å²) in [6.45, 7) is 0. The molecule has 0 amide bonds. The van der Waals surface area contributed by atoms with Gasteiger partial charge in [-0.1, -0.05) is 127 Å². The van der Waals surface area contributed by atoms with Crippen LogP contribution in [-0.2, 0) is 0 Å². The molecular formula is C44H26N2O. The number of hydrogen-bond donors (Lipinski definition) is 0. The molecule has 47 heavy (non-hydrogen) atoms. The molecule has 2 aromatic heterocycles. The van der Waals surface area contributed by atoms with E-state index in [9.17, 15) is 0 Å². The highest BCUT2D eigenvalue weighted by atomic mass is 16.3. The van der Waals surface area contributed by atoms with Gasteiger partial charge in [-0.15, -0.1) is 0 Å². The van der Waals surface area contributed by atoms with Crippen molar-refractivity contribution >= 4 is 54.4 Å². The average molecular weight is 599 g/mol. The number of hydrogen-bond acceptors (Lipinski definition) is 3. The molecular weight excluding hydrogens is 572 g/mol. The second-order valence-electron chi connectivity index (χ2n) is 12.2. The van der Waals surface area contributed by atoms with Crippen LogP contribution in [0.1, 0.15) is 0 Å². The summed E-state index contributed by atoms with van der Waals surface area (Å²) in [5, 5.41) is 8.34. The molecule has 0 fully saturated rings. The van der Waals surface area contributed by atoms with Gasteiger partial charge in [-0.25, -0.2) is 9.97 Å². The number of para-hydroxylation sites is 1. The van der Waals surface area contributed by atoms with Crippen LogP contribution in [0.4, 0.5) is 0 Å². The fourth-order valence-corrected chi connectivity index (χ4v) is 7.22. The molecule has 0 saturated heterocycles. The number of benzene rings is 8. The summed E-state index contributed by atoms with van der Waals surface area (Å²) in [7, 11) is 0. The van der Waals surface area contributed by atoms with Crippen molar-refractivity contribution in [1.82, 2.24) is 9.97 Å². The zero-order chi connectivity index (χ0) is 30.9. The van der Waals surface area contributed by atoms with Crippen molar-refractivity contribution in [2.24, 2.45) is 0 Å². The number of aromatic nitrogens is 2. The number of rotatable bonds is 4. The first-order valence-corrected chi connectivity index (χ1v) is 15.9. The molecule has 0 radical (unpaired) electrons. The van der Waals surface area contributed by atoms with E-state index in [0.717, 1.165) is 50.0 Å². The number of fused-ring (bicyclic) bond motifs is 4. The van der Waals surface area contributed by atoms with Crippen molar-refractivity contribution in [3.8, 4) is 44.9 Å². The molecule has 10 aromatic rings. The Kier molecular flexibility index (Phi) is 5.57. The van der Waals surface area contributed by atoms with Crippen molar-refractivity contribution in [2.45, 2.75) is 0 Å². The molecule has 218 valence electrons. The fraction of sp³-hybridized carbons (Fsp3) is 0. The first kappa shape index (κ1) is 26.0. The molecule has 0 bridgehead atoms. The predicted octanol–water partition coefficient (Wildman–Crippen LogP) is 11.9. The second-order valence-corrected chi connectivity index (χ2v) is 12.2. The van der Waals surface area contributed by atoms with Gasteiger partial charge in [0.2, 0.25) is 0 Å². The van der Waals surface area contributed by atoms with Crippen LogP contribution in [0.3, 0.4) is 0 Å². The molecule has 0 N–H and O–H groups in total. The second kappa shape index (κ2) is 10.1. The van der Waals surface area contributed by atoms with Gasteiger partial charge < -0.3 is 4.42 Å².